The van der Waals surface area contributed by atoms with Crippen LogP contribution in [0, 0.1) is 0 Å². The number of hydrogen-bond donors (Lipinski definition) is 1. The van der Waals surface area contributed by atoms with E-state index in [1.807, 2.05) is 6.20 Å². The first-order valence-electron chi connectivity index (χ1n) is 4.53. The molecule has 0 fully saturated rings. The van der Waals surface area contributed by atoms with Gasteiger partial charge in [0.15, 0.2) is 0 Å². The summed E-state index contributed by atoms with van der Waals surface area (Å²) in [7, 11) is 0. The van der Waals surface area contributed by atoms with Gasteiger partial charge in [-0.05, 0) is 13.0 Å². The maximum atomic E-state index is 5.38. The first kappa shape index (κ1) is 10.1. The van der Waals surface area contributed by atoms with Gasteiger partial charge in [0, 0.05) is 13.0 Å². The Morgan fingerprint density at radius 3 is 3.15 bits per heavy atom. The van der Waals surface area contributed by atoms with Gasteiger partial charge in [0.05, 0.1) is 11.9 Å². The Morgan fingerprint density at radius 1 is 1.62 bits per heavy atom. The van der Waals surface area contributed by atoms with Gasteiger partial charge in [-0.2, -0.15) is 0 Å². The maximum absolute atomic E-state index is 5.38. The van der Waals surface area contributed by atoms with Gasteiger partial charge in [0.1, 0.15) is 6.73 Å². The van der Waals surface area contributed by atoms with E-state index in [0.717, 1.165) is 25.1 Å². The van der Waals surface area contributed by atoms with E-state index in [4.69, 9.17) is 10.5 Å². The summed E-state index contributed by atoms with van der Waals surface area (Å²) in [4.78, 5) is 0. The fourth-order valence-electron chi connectivity index (χ4n) is 0.966. The summed E-state index contributed by atoms with van der Waals surface area (Å²) in [6, 6.07) is 0. The molecule has 0 aliphatic carbocycles. The molecule has 2 N–H and O–H groups in total. The molecule has 0 aliphatic rings. The zero-order valence-electron chi connectivity index (χ0n) is 7.94. The van der Waals surface area contributed by atoms with Crippen LogP contribution < -0.4 is 5.73 Å². The van der Waals surface area contributed by atoms with Gasteiger partial charge >= 0.3 is 0 Å². The Kier molecular flexibility index (Phi) is 4.42. The Labute approximate surface area is 77.9 Å². The lowest BCUT2D eigenvalue weighted by atomic mass is 10.3. The molecular formula is C8H16N4O. The van der Waals surface area contributed by atoms with Crippen LogP contribution in [0.15, 0.2) is 6.20 Å². The third-order valence-electron chi connectivity index (χ3n) is 1.56. The van der Waals surface area contributed by atoms with Crippen LogP contribution in [0.2, 0.25) is 0 Å². The molecule has 74 valence electrons. The highest BCUT2D eigenvalue weighted by Gasteiger charge is 1.98. The summed E-state index contributed by atoms with van der Waals surface area (Å²) in [5.41, 5.74) is 6.30. The van der Waals surface area contributed by atoms with Crippen molar-refractivity contribution in [1.82, 2.24) is 15.0 Å². The summed E-state index contributed by atoms with van der Waals surface area (Å²) < 4.78 is 6.97. The lowest BCUT2D eigenvalue weighted by molar-refractivity contribution is 0.0681. The second-order valence-corrected chi connectivity index (χ2v) is 2.83. The molecule has 1 heterocycles. The zero-order chi connectivity index (χ0) is 9.52. The highest BCUT2D eigenvalue weighted by Crippen LogP contribution is 1.93. The minimum Gasteiger partial charge on any atom is -0.359 e. The van der Waals surface area contributed by atoms with Crippen molar-refractivity contribution in [2.45, 2.75) is 26.5 Å². The van der Waals surface area contributed by atoms with Crippen molar-refractivity contribution in [3.63, 3.8) is 0 Å². The van der Waals surface area contributed by atoms with Crippen LogP contribution in [0.1, 0.15) is 19.0 Å². The molecule has 0 radical (unpaired) electrons. The van der Waals surface area contributed by atoms with Gasteiger partial charge in [-0.15, -0.1) is 5.10 Å². The van der Waals surface area contributed by atoms with Crippen molar-refractivity contribution in [2.75, 3.05) is 13.2 Å². The van der Waals surface area contributed by atoms with E-state index in [1.54, 1.807) is 4.68 Å². The van der Waals surface area contributed by atoms with Crippen LogP contribution in [-0.4, -0.2) is 28.1 Å². The van der Waals surface area contributed by atoms with Gasteiger partial charge in [-0.25, -0.2) is 4.68 Å². The number of ether oxygens (including phenoxy) is 1. The van der Waals surface area contributed by atoms with Crippen LogP contribution in [-0.2, 0) is 17.9 Å². The zero-order valence-corrected chi connectivity index (χ0v) is 7.94. The van der Waals surface area contributed by atoms with Crippen LogP contribution in [0.4, 0.5) is 0 Å². The largest absolute Gasteiger partial charge is 0.359 e. The molecule has 1 rings (SSSR count). The third kappa shape index (κ3) is 3.52. The second-order valence-electron chi connectivity index (χ2n) is 2.83. The Bertz CT molecular complexity index is 236. The molecule has 0 aromatic carbocycles. The normalized spacial score (nSPS) is 10.6. The van der Waals surface area contributed by atoms with E-state index in [1.165, 1.54) is 0 Å². The number of nitrogens with two attached hydrogens (primary N) is 1. The van der Waals surface area contributed by atoms with E-state index in [0.29, 0.717) is 13.3 Å². The minimum absolute atomic E-state index is 0.478. The third-order valence-corrected chi connectivity index (χ3v) is 1.56. The van der Waals surface area contributed by atoms with Gasteiger partial charge in [0.25, 0.3) is 0 Å². The van der Waals surface area contributed by atoms with Crippen LogP contribution >= 0.6 is 0 Å². The molecule has 1 aromatic heterocycles. The summed E-state index contributed by atoms with van der Waals surface area (Å²) in [6.45, 7) is 3.91. The first-order chi connectivity index (χ1) is 6.36. The Balaban J connectivity index is 2.31. The first-order valence-corrected chi connectivity index (χ1v) is 4.53. The lowest BCUT2D eigenvalue weighted by Crippen LogP contribution is -2.04. The number of hydrogen-bond acceptors (Lipinski definition) is 4. The van der Waals surface area contributed by atoms with Crippen molar-refractivity contribution in [3.8, 4) is 0 Å². The topological polar surface area (TPSA) is 66.0 Å². The molecule has 0 aliphatic heterocycles. The van der Waals surface area contributed by atoms with Gasteiger partial charge < -0.3 is 10.5 Å². The molecule has 13 heavy (non-hydrogen) atoms. The molecule has 5 heteroatoms. The second kappa shape index (κ2) is 5.66. The molecule has 0 amide bonds. The van der Waals surface area contributed by atoms with Gasteiger partial charge in [0.2, 0.25) is 0 Å². The van der Waals surface area contributed by atoms with Crippen LogP contribution in [0.25, 0.3) is 0 Å². The van der Waals surface area contributed by atoms with Crippen LogP contribution in [0.3, 0.4) is 0 Å². The predicted molar refractivity (Wildman–Crippen MR) is 49.0 cm³/mol. The summed E-state index contributed by atoms with van der Waals surface area (Å²) in [5.74, 6) is 0. The molecule has 0 spiro atoms. The average molecular weight is 184 g/mol. The van der Waals surface area contributed by atoms with E-state index in [2.05, 4.69) is 17.2 Å². The maximum Gasteiger partial charge on any atom is 0.141 e. The Morgan fingerprint density at radius 2 is 2.46 bits per heavy atom. The molecule has 0 saturated carbocycles. The highest BCUT2D eigenvalue weighted by molar-refractivity contribution is 4.92. The van der Waals surface area contributed by atoms with E-state index < -0.39 is 0 Å². The fourth-order valence-corrected chi connectivity index (χ4v) is 0.966. The molecule has 1 aromatic rings. The fraction of sp³-hybridized carbons (Fsp3) is 0.750. The minimum atomic E-state index is 0.478. The number of aromatic nitrogens is 3. The lowest BCUT2D eigenvalue weighted by Gasteiger charge is -1.99. The Hall–Kier alpha value is -0.940. The predicted octanol–water partition coefficient (Wildman–Crippen LogP) is 0.163. The summed E-state index contributed by atoms with van der Waals surface area (Å²) in [6.07, 6.45) is 3.65. The molecule has 0 saturated heterocycles. The van der Waals surface area contributed by atoms with Crippen LogP contribution in [0.5, 0.6) is 0 Å². The smallest absolute Gasteiger partial charge is 0.141 e. The highest BCUT2D eigenvalue weighted by atomic mass is 16.5. The standard InChI is InChI=1S/C8H16N4O/c1-2-5-13-7-12-6-8(3-4-9)10-11-12/h6H,2-5,7,9H2,1H3. The number of nitrogens with zero attached hydrogens (tertiary/aromatic N) is 3. The van der Waals surface area contributed by atoms with E-state index >= 15 is 0 Å². The van der Waals surface area contributed by atoms with E-state index in [-0.39, 0.29) is 0 Å². The quantitative estimate of drug-likeness (QED) is 0.640. The number of rotatable bonds is 6. The van der Waals surface area contributed by atoms with Crippen molar-refractivity contribution in [2.24, 2.45) is 5.73 Å². The summed E-state index contributed by atoms with van der Waals surface area (Å²) >= 11 is 0. The average Bonchev–Trinajstić information content (AvgIpc) is 2.54. The molecule has 5 nitrogen and oxygen atoms in total. The molecule has 0 atom stereocenters. The van der Waals surface area contributed by atoms with Gasteiger partial charge in [-0.3, -0.25) is 0 Å². The van der Waals surface area contributed by atoms with E-state index in [9.17, 15) is 0 Å². The molecule has 0 bridgehead atoms. The summed E-state index contributed by atoms with van der Waals surface area (Å²) in [5, 5.41) is 7.83. The monoisotopic (exact) mass is 184 g/mol. The van der Waals surface area contributed by atoms with Gasteiger partial charge in [-0.1, -0.05) is 12.1 Å². The molecular weight excluding hydrogens is 168 g/mol. The molecule has 0 unspecified atom stereocenters. The van der Waals surface area contributed by atoms with Crippen molar-refractivity contribution in [1.29, 1.82) is 0 Å². The SMILES string of the molecule is CCCOCn1cc(CCN)nn1. The van der Waals surface area contributed by atoms with Crippen molar-refractivity contribution >= 4 is 0 Å². The van der Waals surface area contributed by atoms with Crippen molar-refractivity contribution < 1.29 is 4.74 Å². The van der Waals surface area contributed by atoms with Crippen molar-refractivity contribution in [3.05, 3.63) is 11.9 Å².